The summed E-state index contributed by atoms with van der Waals surface area (Å²) in [7, 11) is 0. The maximum atomic E-state index is 12.2. The Morgan fingerprint density at radius 1 is 0.294 bits per heavy atom. The minimum atomic E-state index is -0.0695. The molecule has 1 aliphatic carbocycles. The maximum absolute atomic E-state index is 12.2. The average molecular weight is 911 g/mol. The first-order valence-electron chi connectivity index (χ1n) is 21.9. The summed E-state index contributed by atoms with van der Waals surface area (Å²) in [6.45, 7) is 1.68. The van der Waals surface area contributed by atoms with Gasteiger partial charge in [-0.25, -0.2) is 0 Å². The quantitative estimate of drug-likeness (QED) is 0.116. The highest BCUT2D eigenvalue weighted by Gasteiger charge is 2.22. The Balaban J connectivity index is 1.03. The lowest BCUT2D eigenvalue weighted by Crippen LogP contribution is -2.10. The molecule has 3 heterocycles. The summed E-state index contributed by atoms with van der Waals surface area (Å²) in [5.74, 6) is 2.03. The van der Waals surface area contributed by atoms with Crippen molar-refractivity contribution in [3.63, 3.8) is 0 Å². The van der Waals surface area contributed by atoms with Crippen LogP contribution in [0, 0.1) is 0 Å². The number of benzene rings is 7. The van der Waals surface area contributed by atoms with Crippen LogP contribution in [0.15, 0.2) is 140 Å². The van der Waals surface area contributed by atoms with E-state index in [0.717, 1.165) is 28.2 Å². The van der Waals surface area contributed by atoms with Gasteiger partial charge >= 0.3 is 0 Å². The molecule has 3 aliphatic heterocycles. The summed E-state index contributed by atoms with van der Waals surface area (Å²) in [6.07, 6.45) is 0.278. The van der Waals surface area contributed by atoms with Gasteiger partial charge in [0.15, 0.2) is 20.4 Å². The Kier molecular flexibility index (Phi) is 11.4. The normalized spacial score (nSPS) is 15.3. The summed E-state index contributed by atoms with van der Waals surface area (Å²) in [5.41, 5.74) is 9.22. The predicted octanol–water partition coefficient (Wildman–Crippen LogP) is 12.0. The third-order valence-electron chi connectivity index (χ3n) is 12.1. The largest absolute Gasteiger partial charge is 0.507 e. The van der Waals surface area contributed by atoms with Crippen molar-refractivity contribution in [2.75, 3.05) is 20.4 Å². The standard InChI is InChI=1S/C52H42N6O10/c59-49-29-2-1-3-30(49)11-32-15-44(57-54-41-5-8-47-38(21-41)24-64-27-67-47)17-34(51(32)61)13-36-19-45(58-55-42-6-9-48-39(22-42)25-65-28-68-48)18-35(52(36)62)12-33-16-43(14-31(10-29)50(33)60)56-53-40-4-7-46-37(20-40)23-63-26-66-46/h1-9,14-22,59-62H,10-13,23-28H2. The lowest BCUT2D eigenvalue weighted by atomic mass is 9.90. The number of hydrogen-bond acceptors (Lipinski definition) is 16. The topological polar surface area (TPSA) is 210 Å². The average Bonchev–Trinajstić information content (AvgIpc) is 3.36. The fourth-order valence-corrected chi connectivity index (χ4v) is 8.72. The van der Waals surface area contributed by atoms with E-state index in [1.807, 2.05) is 42.5 Å². The molecule has 8 bridgehead atoms. The van der Waals surface area contributed by atoms with Crippen molar-refractivity contribution >= 4 is 34.1 Å². The summed E-state index contributed by atoms with van der Waals surface area (Å²) >= 11 is 0. The fraction of sp³-hybridized carbons (Fsp3) is 0.192. The van der Waals surface area contributed by atoms with Crippen molar-refractivity contribution in [2.24, 2.45) is 30.7 Å². The molecule has 16 heteroatoms. The van der Waals surface area contributed by atoms with Crippen molar-refractivity contribution in [1.82, 2.24) is 0 Å². The van der Waals surface area contributed by atoms with Crippen LogP contribution >= 0.6 is 0 Å². The van der Waals surface area contributed by atoms with Gasteiger partial charge in [0.1, 0.15) is 40.2 Å². The molecule has 0 amide bonds. The van der Waals surface area contributed by atoms with Crippen LogP contribution in [-0.2, 0) is 59.7 Å². The molecule has 0 radical (unpaired) electrons. The Morgan fingerprint density at radius 2 is 0.559 bits per heavy atom. The molecule has 0 saturated heterocycles. The molecule has 340 valence electrons. The first-order valence-corrected chi connectivity index (χ1v) is 21.9. The third kappa shape index (κ3) is 8.90. The monoisotopic (exact) mass is 910 g/mol. The molecular formula is C52H42N6O10. The molecule has 0 saturated carbocycles. The molecule has 16 nitrogen and oxygen atoms in total. The van der Waals surface area contributed by atoms with Gasteiger partial charge in [-0.2, -0.15) is 30.7 Å². The van der Waals surface area contributed by atoms with E-state index in [-0.39, 0.29) is 69.1 Å². The van der Waals surface area contributed by atoms with E-state index in [1.54, 1.807) is 66.7 Å². The molecular weight excluding hydrogens is 869 g/mol. The van der Waals surface area contributed by atoms with Crippen LogP contribution in [0.5, 0.6) is 40.2 Å². The second kappa shape index (κ2) is 18.2. The van der Waals surface area contributed by atoms with Crippen molar-refractivity contribution in [1.29, 1.82) is 0 Å². The van der Waals surface area contributed by atoms with Gasteiger partial charge in [0.25, 0.3) is 0 Å². The number of fused-ring (bicyclic) bond motifs is 11. The zero-order valence-electron chi connectivity index (χ0n) is 36.4. The van der Waals surface area contributed by atoms with Crippen LogP contribution in [0.1, 0.15) is 61.2 Å². The molecule has 7 aromatic carbocycles. The SMILES string of the molecule is Oc1c2cccc1Cc1cc(N=Nc3ccc4c(c3)COCO4)cc(c1O)Cc1cc(N=Nc3ccc4c(c3)COCO4)cc(c1O)Cc1cc(N=Nc3ccc4c(c3)COCO4)cc(c1O)C2. The number of phenols is 4. The zero-order chi connectivity index (χ0) is 46.1. The number of azo groups is 3. The van der Waals surface area contributed by atoms with E-state index >= 15 is 0 Å². The van der Waals surface area contributed by atoms with Crippen molar-refractivity contribution in [3.05, 3.63) is 170 Å². The fourth-order valence-electron chi connectivity index (χ4n) is 8.72. The second-order valence-corrected chi connectivity index (χ2v) is 16.8. The van der Waals surface area contributed by atoms with Crippen LogP contribution in [0.4, 0.5) is 34.1 Å². The highest BCUT2D eigenvalue weighted by atomic mass is 16.7. The smallest absolute Gasteiger partial charge is 0.189 e. The van der Waals surface area contributed by atoms with E-state index < -0.39 is 0 Å². The van der Waals surface area contributed by atoms with Crippen molar-refractivity contribution < 1.29 is 48.8 Å². The van der Waals surface area contributed by atoms with E-state index in [9.17, 15) is 20.4 Å². The van der Waals surface area contributed by atoms with E-state index in [4.69, 9.17) is 28.4 Å². The van der Waals surface area contributed by atoms with E-state index in [1.165, 1.54) is 0 Å². The minimum absolute atomic E-state index is 0.00870. The first kappa shape index (κ1) is 42.5. The van der Waals surface area contributed by atoms with E-state index in [2.05, 4.69) is 30.7 Å². The maximum Gasteiger partial charge on any atom is 0.189 e. The van der Waals surface area contributed by atoms with Crippen LogP contribution in [-0.4, -0.2) is 40.8 Å². The van der Waals surface area contributed by atoms with Gasteiger partial charge in [0.05, 0.1) is 53.9 Å². The number of aromatic hydroxyl groups is 4. The highest BCUT2D eigenvalue weighted by molar-refractivity contribution is 5.63. The predicted molar refractivity (Wildman–Crippen MR) is 246 cm³/mol. The van der Waals surface area contributed by atoms with Crippen LogP contribution < -0.4 is 14.2 Å². The number of nitrogens with zero attached hydrogens (tertiary/aromatic N) is 6. The molecule has 0 spiro atoms. The third-order valence-corrected chi connectivity index (χ3v) is 12.1. The molecule has 7 aromatic rings. The molecule has 0 atom stereocenters. The summed E-state index contributed by atoms with van der Waals surface area (Å²) in [5, 5.41) is 75.6. The lowest BCUT2D eigenvalue weighted by molar-refractivity contribution is -0.0164. The second-order valence-electron chi connectivity index (χ2n) is 16.8. The lowest BCUT2D eigenvalue weighted by Gasteiger charge is -2.18. The van der Waals surface area contributed by atoms with Crippen molar-refractivity contribution in [3.8, 4) is 40.2 Å². The number of hydrogen-bond donors (Lipinski definition) is 4. The number of para-hydroxylation sites is 1. The highest BCUT2D eigenvalue weighted by Crippen LogP contribution is 2.42. The molecule has 68 heavy (non-hydrogen) atoms. The van der Waals surface area contributed by atoms with Gasteiger partial charge in [0, 0.05) is 75.8 Å². The van der Waals surface area contributed by atoms with Gasteiger partial charge in [-0.15, -0.1) is 0 Å². The number of phenolic OH excluding ortho intramolecular Hbond substituents is 4. The molecule has 11 rings (SSSR count). The zero-order valence-corrected chi connectivity index (χ0v) is 36.4. The van der Waals surface area contributed by atoms with Gasteiger partial charge in [-0.3, -0.25) is 0 Å². The molecule has 4 N–H and O–H groups in total. The van der Waals surface area contributed by atoms with Crippen LogP contribution in [0.25, 0.3) is 0 Å². The van der Waals surface area contributed by atoms with Crippen molar-refractivity contribution in [2.45, 2.75) is 45.5 Å². The van der Waals surface area contributed by atoms with Crippen LogP contribution in [0.3, 0.4) is 0 Å². The Labute approximate surface area is 389 Å². The summed E-state index contributed by atoms with van der Waals surface area (Å²) in [4.78, 5) is 0. The Hall–Kier alpha value is -8.18. The van der Waals surface area contributed by atoms with Crippen LogP contribution in [0.2, 0.25) is 0 Å². The Morgan fingerprint density at radius 3 is 0.882 bits per heavy atom. The molecule has 0 unspecified atom stereocenters. The summed E-state index contributed by atoms with van der Waals surface area (Å²) < 4.78 is 33.1. The van der Waals surface area contributed by atoms with E-state index in [0.29, 0.717) is 104 Å². The number of ether oxygens (including phenoxy) is 6. The Bertz CT molecular complexity index is 3060. The first-order chi connectivity index (χ1) is 33.3. The molecule has 0 fully saturated rings. The minimum Gasteiger partial charge on any atom is -0.507 e. The molecule has 4 aliphatic rings. The number of rotatable bonds is 6. The van der Waals surface area contributed by atoms with Gasteiger partial charge in [0.2, 0.25) is 0 Å². The molecule has 0 aromatic heterocycles. The van der Waals surface area contributed by atoms with Gasteiger partial charge in [-0.05, 0) is 102 Å². The van der Waals surface area contributed by atoms with Gasteiger partial charge < -0.3 is 48.8 Å². The van der Waals surface area contributed by atoms with Gasteiger partial charge in [-0.1, -0.05) is 18.2 Å². The summed E-state index contributed by atoms with van der Waals surface area (Å²) in [6, 6.07) is 32.1.